The van der Waals surface area contributed by atoms with Crippen LogP contribution in [0.25, 0.3) is 10.9 Å². The highest BCUT2D eigenvalue weighted by Crippen LogP contribution is 2.28. The number of benzene rings is 1. The number of aromatic nitrogens is 1. The lowest BCUT2D eigenvalue weighted by Gasteiger charge is -2.06. The molecule has 1 fully saturated rings. The number of pyridine rings is 1. The maximum Gasteiger partial charge on any atom is 0.306 e. The Morgan fingerprint density at radius 3 is 2.65 bits per heavy atom. The zero-order valence-electron chi connectivity index (χ0n) is 9.53. The number of anilines is 1. The highest BCUT2D eigenvalue weighted by molar-refractivity contribution is 7.97. The Labute approximate surface area is 102 Å². The summed E-state index contributed by atoms with van der Waals surface area (Å²) in [5, 5.41) is 0.974. The highest BCUT2D eigenvalue weighted by atomic mass is 32.2. The lowest BCUT2D eigenvalue weighted by molar-refractivity contribution is 0.949. The Morgan fingerprint density at radius 1 is 1.18 bits per heavy atom. The molecule has 0 aliphatic carbocycles. The van der Waals surface area contributed by atoms with Gasteiger partial charge in [-0.05, 0) is 18.9 Å². The molecule has 3 nitrogen and oxygen atoms in total. The minimum Gasteiger partial charge on any atom is -0.394 e. The number of H-pyrrole nitrogens is 1. The average molecular weight is 247 g/mol. The van der Waals surface area contributed by atoms with Gasteiger partial charge in [0.25, 0.3) is 0 Å². The summed E-state index contributed by atoms with van der Waals surface area (Å²) in [6.45, 7) is 0. The predicted molar refractivity (Wildman–Crippen MR) is 73.6 cm³/mol. The maximum absolute atomic E-state index is 12.1. The van der Waals surface area contributed by atoms with Crippen LogP contribution < -0.4 is 11.3 Å². The van der Waals surface area contributed by atoms with E-state index < -0.39 is 0 Å². The van der Waals surface area contributed by atoms with Crippen molar-refractivity contribution in [3.8, 4) is 0 Å². The van der Waals surface area contributed by atoms with Crippen molar-refractivity contribution in [2.45, 2.75) is 17.7 Å². The van der Waals surface area contributed by atoms with E-state index in [1.54, 1.807) is 0 Å². The van der Waals surface area contributed by atoms with E-state index in [2.05, 4.69) is 4.98 Å². The number of rotatable bonds is 1. The standard InChI is InChI=1S/C13H14N2OS/c14-11-9-5-1-2-6-10(9)15-13(16)12(11)17-7-3-4-8-17/h1-2,5-6H,3-4,7-8H2,(H2-,14,15,16)/p+1. The van der Waals surface area contributed by atoms with Crippen LogP contribution in [0, 0.1) is 0 Å². The van der Waals surface area contributed by atoms with Crippen LogP contribution in [0.2, 0.25) is 0 Å². The van der Waals surface area contributed by atoms with Gasteiger partial charge in [-0.2, -0.15) is 0 Å². The SMILES string of the molecule is Nc1c([S+]2CCCC2)c(=O)[nH]c2ccccc12. The monoisotopic (exact) mass is 247 g/mol. The van der Waals surface area contributed by atoms with Gasteiger partial charge in [0.2, 0.25) is 4.90 Å². The molecule has 0 radical (unpaired) electrons. The molecule has 2 aromatic rings. The molecule has 0 atom stereocenters. The lowest BCUT2D eigenvalue weighted by atomic mass is 10.2. The van der Waals surface area contributed by atoms with Gasteiger partial charge in [0.15, 0.2) is 0 Å². The molecule has 1 aliphatic rings. The molecule has 1 aliphatic heterocycles. The van der Waals surface area contributed by atoms with Crippen LogP contribution in [-0.4, -0.2) is 16.5 Å². The van der Waals surface area contributed by atoms with Crippen molar-refractivity contribution in [2.75, 3.05) is 17.2 Å². The number of nitrogen functional groups attached to an aromatic ring is 1. The van der Waals surface area contributed by atoms with Gasteiger partial charge in [-0.15, -0.1) is 0 Å². The zero-order valence-corrected chi connectivity index (χ0v) is 10.3. The molecule has 1 aromatic heterocycles. The van der Waals surface area contributed by atoms with Crippen LogP contribution in [0.15, 0.2) is 34.0 Å². The summed E-state index contributed by atoms with van der Waals surface area (Å²) in [5.74, 6) is 2.23. The largest absolute Gasteiger partial charge is 0.394 e. The number of hydrogen-bond donors (Lipinski definition) is 2. The second-order valence-corrected chi connectivity index (χ2v) is 6.56. The van der Waals surface area contributed by atoms with Crippen LogP contribution in [0.5, 0.6) is 0 Å². The first-order valence-electron chi connectivity index (χ1n) is 5.85. The average Bonchev–Trinajstić information content (AvgIpc) is 2.83. The molecule has 4 heteroatoms. The molecule has 0 bridgehead atoms. The summed E-state index contributed by atoms with van der Waals surface area (Å²) in [6, 6.07) is 7.74. The van der Waals surface area contributed by atoms with Crippen molar-refractivity contribution in [3.05, 3.63) is 34.6 Å². The fourth-order valence-corrected chi connectivity index (χ4v) is 4.85. The maximum atomic E-state index is 12.1. The van der Waals surface area contributed by atoms with Crippen molar-refractivity contribution < 1.29 is 0 Å². The molecule has 1 saturated heterocycles. The minimum atomic E-state index is 0.00596. The van der Waals surface area contributed by atoms with Gasteiger partial charge in [0, 0.05) is 16.3 Å². The predicted octanol–water partition coefficient (Wildman–Crippen LogP) is 1.88. The molecule has 2 heterocycles. The summed E-state index contributed by atoms with van der Waals surface area (Å²) in [4.78, 5) is 15.9. The Balaban J connectivity index is 2.27. The molecule has 3 N–H and O–H groups in total. The first-order valence-corrected chi connectivity index (χ1v) is 7.41. The second kappa shape index (κ2) is 4.11. The number of aromatic amines is 1. The molecule has 0 spiro atoms. The van der Waals surface area contributed by atoms with Crippen LogP contribution in [-0.2, 0) is 10.9 Å². The number of fused-ring (bicyclic) bond motifs is 1. The Hall–Kier alpha value is -1.42. The third kappa shape index (κ3) is 1.72. The van der Waals surface area contributed by atoms with Gasteiger partial charge in [0.05, 0.1) is 5.52 Å². The number of nitrogens with two attached hydrogens (primary N) is 1. The Morgan fingerprint density at radius 2 is 1.88 bits per heavy atom. The topological polar surface area (TPSA) is 58.9 Å². The third-order valence-electron chi connectivity index (χ3n) is 3.24. The summed E-state index contributed by atoms with van der Waals surface area (Å²) in [6.07, 6.45) is 2.43. The minimum absolute atomic E-state index is 0.00596. The van der Waals surface area contributed by atoms with Crippen LogP contribution in [0.1, 0.15) is 12.8 Å². The summed E-state index contributed by atoms with van der Waals surface area (Å²) < 4.78 is 0. The Bertz CT molecular complexity index is 614. The molecule has 1 aromatic carbocycles. The van der Waals surface area contributed by atoms with E-state index in [-0.39, 0.29) is 16.5 Å². The van der Waals surface area contributed by atoms with Gasteiger partial charge in [0.1, 0.15) is 17.2 Å². The van der Waals surface area contributed by atoms with E-state index in [4.69, 9.17) is 5.73 Å². The van der Waals surface area contributed by atoms with Crippen LogP contribution in [0.4, 0.5) is 5.69 Å². The molecular formula is C13H15N2OS+. The molecule has 0 unspecified atom stereocenters. The van der Waals surface area contributed by atoms with E-state index >= 15 is 0 Å². The van der Waals surface area contributed by atoms with Crippen molar-refractivity contribution in [3.63, 3.8) is 0 Å². The van der Waals surface area contributed by atoms with E-state index in [0.29, 0.717) is 5.69 Å². The Kier molecular flexibility index (Phi) is 2.59. The van der Waals surface area contributed by atoms with Crippen molar-refractivity contribution in [2.24, 2.45) is 0 Å². The van der Waals surface area contributed by atoms with E-state index in [0.717, 1.165) is 27.3 Å². The molecule has 88 valence electrons. The van der Waals surface area contributed by atoms with E-state index in [1.807, 2.05) is 24.3 Å². The molecule has 3 rings (SSSR count). The fourth-order valence-electron chi connectivity index (χ4n) is 2.40. The van der Waals surface area contributed by atoms with Gasteiger partial charge < -0.3 is 10.7 Å². The van der Waals surface area contributed by atoms with Gasteiger partial charge >= 0.3 is 5.56 Å². The smallest absolute Gasteiger partial charge is 0.306 e. The van der Waals surface area contributed by atoms with Crippen molar-refractivity contribution in [1.29, 1.82) is 0 Å². The van der Waals surface area contributed by atoms with Crippen molar-refractivity contribution in [1.82, 2.24) is 4.98 Å². The van der Waals surface area contributed by atoms with Crippen LogP contribution >= 0.6 is 0 Å². The fraction of sp³-hybridized carbons (Fsp3) is 0.308. The zero-order chi connectivity index (χ0) is 11.8. The van der Waals surface area contributed by atoms with E-state index in [1.165, 1.54) is 12.8 Å². The molecule has 0 saturated carbocycles. The van der Waals surface area contributed by atoms with Gasteiger partial charge in [-0.25, -0.2) is 0 Å². The normalized spacial score (nSPS) is 16.7. The summed E-state index contributed by atoms with van der Waals surface area (Å²) >= 11 is 0. The summed E-state index contributed by atoms with van der Waals surface area (Å²) in [5.41, 5.74) is 7.72. The van der Waals surface area contributed by atoms with Crippen LogP contribution in [0.3, 0.4) is 0 Å². The third-order valence-corrected chi connectivity index (χ3v) is 5.78. The van der Waals surface area contributed by atoms with Gasteiger partial charge in [-0.1, -0.05) is 18.2 Å². The number of nitrogens with one attached hydrogen (secondary N) is 1. The quantitative estimate of drug-likeness (QED) is 0.756. The van der Waals surface area contributed by atoms with Gasteiger partial charge in [-0.3, -0.25) is 4.79 Å². The first-order chi connectivity index (χ1) is 8.27. The molecular weight excluding hydrogens is 232 g/mol. The highest BCUT2D eigenvalue weighted by Gasteiger charge is 2.32. The first kappa shape index (κ1) is 10.7. The summed E-state index contributed by atoms with van der Waals surface area (Å²) in [7, 11) is 0.0614. The van der Waals surface area contributed by atoms with E-state index in [9.17, 15) is 4.79 Å². The van der Waals surface area contributed by atoms with Crippen molar-refractivity contribution >= 4 is 27.5 Å². The molecule has 0 amide bonds. The lowest BCUT2D eigenvalue weighted by Crippen LogP contribution is -2.21. The number of para-hydroxylation sites is 1. The number of hydrogen-bond acceptors (Lipinski definition) is 2. The second-order valence-electron chi connectivity index (χ2n) is 4.35. The molecule has 17 heavy (non-hydrogen) atoms.